The van der Waals surface area contributed by atoms with Gasteiger partial charge in [0.2, 0.25) is 0 Å². The van der Waals surface area contributed by atoms with Gasteiger partial charge in [0.05, 0.1) is 24.7 Å². The summed E-state index contributed by atoms with van der Waals surface area (Å²) >= 11 is 6.02. The number of allylic oxidation sites excluding steroid dienone is 2. The second-order valence-corrected chi connectivity index (χ2v) is 6.78. The van der Waals surface area contributed by atoms with Gasteiger partial charge >= 0.3 is 0 Å². The molecule has 6 heteroatoms. The third-order valence-electron chi connectivity index (χ3n) is 5.03. The van der Waals surface area contributed by atoms with Crippen LogP contribution in [0.25, 0.3) is 0 Å². The lowest BCUT2D eigenvalue weighted by atomic mass is 9.85. The Morgan fingerprint density at radius 2 is 1.92 bits per heavy atom. The molecule has 1 aliphatic heterocycles. The normalized spacial score (nSPS) is 30.7. The highest BCUT2D eigenvalue weighted by molar-refractivity contribution is 6.30. The summed E-state index contributed by atoms with van der Waals surface area (Å²) in [5, 5.41) is 5.73. The molecule has 1 heterocycles. The van der Waals surface area contributed by atoms with E-state index in [9.17, 15) is 9.59 Å². The molecule has 5 nitrogen and oxygen atoms in total. The van der Waals surface area contributed by atoms with E-state index in [0.717, 1.165) is 11.4 Å². The average molecular weight is 345 g/mol. The smallest absolute Gasteiger partial charge is 0.254 e. The second-order valence-electron chi connectivity index (χ2n) is 6.35. The molecular weight excluding hydrogens is 328 g/mol. The second kappa shape index (κ2) is 5.74. The maximum Gasteiger partial charge on any atom is 0.254 e. The van der Waals surface area contributed by atoms with Crippen molar-refractivity contribution in [2.24, 2.45) is 28.8 Å². The molecule has 0 radical (unpaired) electrons. The largest absolute Gasteiger partial charge is 0.493 e. The highest BCUT2D eigenvalue weighted by Crippen LogP contribution is 2.52. The molecule has 4 unspecified atom stereocenters. The van der Waals surface area contributed by atoms with Crippen LogP contribution in [0, 0.1) is 23.7 Å². The number of ether oxygens (including phenoxy) is 1. The topological polar surface area (TPSA) is 59.0 Å². The summed E-state index contributed by atoms with van der Waals surface area (Å²) in [5.41, 5.74) is 0.642. The van der Waals surface area contributed by atoms with Crippen molar-refractivity contribution in [2.45, 2.75) is 13.3 Å². The molecule has 4 rings (SSSR count). The number of hydrogen-bond acceptors (Lipinski definition) is 4. The highest BCUT2D eigenvalue weighted by atomic mass is 35.5. The molecule has 124 valence electrons. The van der Waals surface area contributed by atoms with Gasteiger partial charge in [0.1, 0.15) is 5.75 Å². The van der Waals surface area contributed by atoms with Crippen LogP contribution in [0.5, 0.6) is 5.75 Å². The van der Waals surface area contributed by atoms with Crippen molar-refractivity contribution in [1.82, 2.24) is 5.01 Å². The number of benzene rings is 1. The third-order valence-corrected chi connectivity index (χ3v) is 5.27. The zero-order chi connectivity index (χ0) is 16.8. The van der Waals surface area contributed by atoms with Gasteiger partial charge in [0.15, 0.2) is 0 Å². The number of imide groups is 1. The van der Waals surface area contributed by atoms with Crippen molar-refractivity contribution in [3.8, 4) is 5.75 Å². The molecule has 1 saturated carbocycles. The maximum absolute atomic E-state index is 12.6. The predicted octanol–water partition coefficient (Wildman–Crippen LogP) is 2.88. The van der Waals surface area contributed by atoms with Crippen LogP contribution in [0.15, 0.2) is 35.5 Å². The lowest BCUT2D eigenvalue weighted by Crippen LogP contribution is -2.28. The summed E-state index contributed by atoms with van der Waals surface area (Å²) in [5.74, 6) is 0.109. The fourth-order valence-electron chi connectivity index (χ4n) is 4.03. The van der Waals surface area contributed by atoms with Gasteiger partial charge < -0.3 is 4.74 Å². The molecule has 2 amide bonds. The van der Waals surface area contributed by atoms with E-state index >= 15 is 0 Å². The van der Waals surface area contributed by atoms with Crippen LogP contribution in [-0.2, 0) is 9.59 Å². The molecule has 3 aliphatic rings. The Morgan fingerprint density at radius 3 is 2.54 bits per heavy atom. The van der Waals surface area contributed by atoms with Crippen molar-refractivity contribution in [3.05, 3.63) is 40.9 Å². The molecule has 24 heavy (non-hydrogen) atoms. The lowest BCUT2D eigenvalue weighted by molar-refractivity contribution is -0.140. The van der Waals surface area contributed by atoms with Gasteiger partial charge in [-0.25, -0.2) is 0 Å². The molecule has 1 aromatic carbocycles. The average Bonchev–Trinajstić information content (AvgIpc) is 3.23. The summed E-state index contributed by atoms with van der Waals surface area (Å²) in [6.45, 7) is 2.39. The molecule has 0 spiro atoms. The zero-order valence-electron chi connectivity index (χ0n) is 13.2. The number of hydrogen-bond donors (Lipinski definition) is 0. The molecule has 1 saturated heterocycles. The Morgan fingerprint density at radius 1 is 1.25 bits per heavy atom. The maximum atomic E-state index is 12.6. The monoisotopic (exact) mass is 344 g/mol. The number of carbonyl (C=O) groups is 2. The molecule has 0 aromatic heterocycles. The molecule has 2 fully saturated rings. The molecule has 0 N–H and O–H groups in total. The Hall–Kier alpha value is -2.14. The number of nitrogens with zero attached hydrogens (tertiary/aromatic N) is 2. The summed E-state index contributed by atoms with van der Waals surface area (Å²) < 4.78 is 5.53. The van der Waals surface area contributed by atoms with Crippen LogP contribution >= 0.6 is 11.6 Å². The van der Waals surface area contributed by atoms with Crippen LogP contribution < -0.4 is 4.74 Å². The number of fused-ring (bicyclic) bond motifs is 5. The molecule has 1 aromatic rings. The minimum absolute atomic E-state index is 0.182. The number of amides is 2. The van der Waals surface area contributed by atoms with E-state index in [1.807, 2.05) is 6.92 Å². The van der Waals surface area contributed by atoms with Crippen molar-refractivity contribution in [1.29, 1.82) is 0 Å². The number of halogens is 1. The van der Waals surface area contributed by atoms with Crippen LogP contribution in [0.2, 0.25) is 5.02 Å². The Labute approximate surface area is 144 Å². The van der Waals surface area contributed by atoms with E-state index in [-0.39, 0.29) is 35.5 Å². The summed E-state index contributed by atoms with van der Waals surface area (Å²) in [6.07, 6.45) is 6.51. The zero-order valence-corrected chi connectivity index (χ0v) is 13.9. The van der Waals surface area contributed by atoms with Crippen LogP contribution in [0.4, 0.5) is 0 Å². The fraction of sp³-hybridized carbons (Fsp3) is 0.389. The molecular formula is C18H17ClN2O3. The van der Waals surface area contributed by atoms with E-state index in [1.54, 1.807) is 18.2 Å². The third kappa shape index (κ3) is 2.26. The first-order valence-corrected chi connectivity index (χ1v) is 8.50. The van der Waals surface area contributed by atoms with Gasteiger partial charge in [0.25, 0.3) is 11.8 Å². The highest BCUT2D eigenvalue weighted by Gasteiger charge is 2.59. The number of carbonyl (C=O) groups excluding carboxylic acids is 2. The van der Waals surface area contributed by atoms with E-state index < -0.39 is 0 Å². The van der Waals surface area contributed by atoms with Crippen molar-refractivity contribution < 1.29 is 14.3 Å². The van der Waals surface area contributed by atoms with Crippen molar-refractivity contribution in [3.63, 3.8) is 0 Å². The SMILES string of the molecule is CCOc1ccc(Cl)cc1/C=N/N1C(=O)C2C3C=CC(C3)C2C1=O. The first-order valence-electron chi connectivity index (χ1n) is 8.12. The molecule has 2 aliphatic carbocycles. The van der Waals surface area contributed by atoms with E-state index in [1.165, 1.54) is 6.21 Å². The Balaban J connectivity index is 1.60. The van der Waals surface area contributed by atoms with E-state index in [2.05, 4.69) is 17.3 Å². The van der Waals surface area contributed by atoms with Gasteiger partial charge in [-0.2, -0.15) is 10.1 Å². The first-order chi connectivity index (χ1) is 11.6. The predicted molar refractivity (Wildman–Crippen MR) is 89.8 cm³/mol. The number of rotatable bonds is 4. The van der Waals surface area contributed by atoms with Gasteiger partial charge in [-0.15, -0.1) is 0 Å². The van der Waals surface area contributed by atoms with E-state index in [4.69, 9.17) is 16.3 Å². The number of hydrazone groups is 1. The van der Waals surface area contributed by atoms with Crippen molar-refractivity contribution in [2.75, 3.05) is 6.61 Å². The van der Waals surface area contributed by atoms with Gasteiger partial charge in [-0.05, 0) is 43.4 Å². The van der Waals surface area contributed by atoms with Gasteiger partial charge in [-0.3, -0.25) is 9.59 Å². The van der Waals surface area contributed by atoms with Gasteiger partial charge in [0, 0.05) is 10.6 Å². The summed E-state index contributed by atoms with van der Waals surface area (Å²) in [6, 6.07) is 5.18. The lowest BCUT2D eigenvalue weighted by Gasteiger charge is -2.13. The Kier molecular flexibility index (Phi) is 3.68. The molecule has 4 atom stereocenters. The Bertz CT molecular complexity index is 744. The molecule has 2 bridgehead atoms. The van der Waals surface area contributed by atoms with Gasteiger partial charge in [-0.1, -0.05) is 23.8 Å². The standard InChI is InChI=1S/C18H17ClN2O3/c1-2-24-14-6-5-13(19)8-12(14)9-20-21-17(22)15-10-3-4-11(7-10)16(15)18(21)23/h3-6,8-11,15-16H,2,7H2,1H3/b20-9+. The van der Waals surface area contributed by atoms with Crippen LogP contribution in [-0.4, -0.2) is 29.6 Å². The van der Waals surface area contributed by atoms with Crippen molar-refractivity contribution >= 4 is 29.6 Å². The van der Waals surface area contributed by atoms with Crippen LogP contribution in [0.1, 0.15) is 18.9 Å². The quantitative estimate of drug-likeness (QED) is 0.479. The minimum atomic E-state index is -0.240. The van der Waals surface area contributed by atoms with E-state index in [0.29, 0.717) is 22.9 Å². The first kappa shape index (κ1) is 15.4. The minimum Gasteiger partial charge on any atom is -0.493 e. The fourth-order valence-corrected chi connectivity index (χ4v) is 4.21. The summed E-state index contributed by atoms with van der Waals surface area (Å²) in [7, 11) is 0. The van der Waals surface area contributed by atoms with Crippen LogP contribution in [0.3, 0.4) is 0 Å². The summed E-state index contributed by atoms with van der Waals surface area (Å²) in [4.78, 5) is 25.2.